The second-order valence-corrected chi connectivity index (χ2v) is 4.37. The van der Waals surface area contributed by atoms with Gasteiger partial charge in [-0.15, -0.1) is 0 Å². The van der Waals surface area contributed by atoms with Crippen molar-refractivity contribution in [1.82, 2.24) is 0 Å². The van der Waals surface area contributed by atoms with Crippen molar-refractivity contribution in [3.63, 3.8) is 0 Å². The molecule has 0 bridgehead atoms. The highest BCUT2D eigenvalue weighted by Gasteiger charge is 2.56. The van der Waals surface area contributed by atoms with Gasteiger partial charge in [0, 0.05) is 0 Å². The fourth-order valence-electron chi connectivity index (χ4n) is 1.90. The molecule has 0 heterocycles. The van der Waals surface area contributed by atoms with Gasteiger partial charge in [0.05, 0.1) is 11.5 Å². The van der Waals surface area contributed by atoms with Crippen molar-refractivity contribution in [2.75, 3.05) is 0 Å². The van der Waals surface area contributed by atoms with Crippen LogP contribution in [0.15, 0.2) is 18.2 Å². The highest BCUT2D eigenvalue weighted by Crippen LogP contribution is 2.55. The third-order valence-electron chi connectivity index (χ3n) is 3.24. The fourth-order valence-corrected chi connectivity index (χ4v) is 1.90. The van der Waals surface area contributed by atoms with E-state index < -0.39 is 17.5 Å². The maximum absolute atomic E-state index is 13.0. The number of carboxylic acid groups (broad SMARTS) is 1. The standard InChI is InChI=1S/C12H13FO3/c1-7-6-8(2-3-9(7)13)10(14)12(4-5-12)11(15)16/h2-3,6,10,14H,4-5H2,1H3,(H,15,16). The van der Waals surface area contributed by atoms with Crippen molar-refractivity contribution < 1.29 is 19.4 Å². The smallest absolute Gasteiger partial charge is 0.312 e. The minimum atomic E-state index is -1.05. The number of benzene rings is 1. The van der Waals surface area contributed by atoms with Crippen molar-refractivity contribution in [3.05, 3.63) is 35.1 Å². The molecule has 0 saturated heterocycles. The van der Waals surface area contributed by atoms with Gasteiger partial charge in [-0.25, -0.2) is 4.39 Å². The van der Waals surface area contributed by atoms with Gasteiger partial charge in [0.1, 0.15) is 5.82 Å². The molecular weight excluding hydrogens is 211 g/mol. The van der Waals surface area contributed by atoms with Crippen LogP contribution in [0.3, 0.4) is 0 Å². The fraction of sp³-hybridized carbons (Fsp3) is 0.417. The maximum atomic E-state index is 13.0. The van der Waals surface area contributed by atoms with Crippen molar-refractivity contribution in [1.29, 1.82) is 0 Å². The first-order chi connectivity index (χ1) is 7.47. The van der Waals surface area contributed by atoms with Gasteiger partial charge in [-0.1, -0.05) is 12.1 Å². The molecule has 86 valence electrons. The molecule has 1 atom stereocenters. The number of halogens is 1. The lowest BCUT2D eigenvalue weighted by atomic mass is 9.92. The van der Waals surface area contributed by atoms with Crippen molar-refractivity contribution in [3.8, 4) is 0 Å². The summed E-state index contributed by atoms with van der Waals surface area (Å²) in [7, 11) is 0. The molecule has 0 spiro atoms. The molecule has 1 aromatic carbocycles. The zero-order chi connectivity index (χ0) is 11.9. The number of aryl methyl sites for hydroxylation is 1. The largest absolute Gasteiger partial charge is 0.481 e. The first-order valence-electron chi connectivity index (χ1n) is 5.15. The van der Waals surface area contributed by atoms with E-state index in [4.69, 9.17) is 5.11 Å². The normalized spacial score (nSPS) is 19.2. The molecule has 4 heteroatoms. The second kappa shape index (κ2) is 3.56. The number of carboxylic acids is 1. The predicted molar refractivity (Wildman–Crippen MR) is 55.4 cm³/mol. The Hall–Kier alpha value is -1.42. The van der Waals surface area contributed by atoms with E-state index in [2.05, 4.69) is 0 Å². The zero-order valence-corrected chi connectivity index (χ0v) is 8.90. The first kappa shape index (κ1) is 11.1. The van der Waals surface area contributed by atoms with E-state index in [0.717, 1.165) is 0 Å². The molecule has 1 aliphatic carbocycles. The molecule has 0 amide bonds. The highest BCUT2D eigenvalue weighted by molar-refractivity contribution is 5.79. The molecule has 0 radical (unpaired) electrons. The molecular formula is C12H13FO3. The molecule has 1 aliphatic rings. The third-order valence-corrected chi connectivity index (χ3v) is 3.24. The van der Waals surface area contributed by atoms with E-state index in [-0.39, 0.29) is 5.82 Å². The van der Waals surface area contributed by atoms with Crippen LogP contribution in [-0.2, 0) is 4.79 Å². The number of hydrogen-bond acceptors (Lipinski definition) is 2. The summed E-state index contributed by atoms with van der Waals surface area (Å²) < 4.78 is 13.0. The Balaban J connectivity index is 2.31. The van der Waals surface area contributed by atoms with E-state index in [1.165, 1.54) is 18.2 Å². The van der Waals surface area contributed by atoms with E-state index >= 15 is 0 Å². The Bertz CT molecular complexity index is 438. The van der Waals surface area contributed by atoms with Crippen LogP contribution in [-0.4, -0.2) is 16.2 Å². The van der Waals surface area contributed by atoms with E-state index in [1.54, 1.807) is 6.92 Å². The lowest BCUT2D eigenvalue weighted by Crippen LogP contribution is -2.23. The summed E-state index contributed by atoms with van der Waals surface area (Å²) in [4.78, 5) is 11.0. The first-order valence-corrected chi connectivity index (χ1v) is 5.15. The van der Waals surface area contributed by atoms with Gasteiger partial charge in [-0.05, 0) is 37.0 Å². The minimum absolute atomic E-state index is 0.351. The van der Waals surface area contributed by atoms with Gasteiger partial charge >= 0.3 is 5.97 Å². The van der Waals surface area contributed by atoms with Crippen molar-refractivity contribution in [2.24, 2.45) is 5.41 Å². The molecule has 2 rings (SSSR count). The highest BCUT2D eigenvalue weighted by atomic mass is 19.1. The van der Waals surface area contributed by atoms with Crippen LogP contribution in [0.1, 0.15) is 30.1 Å². The summed E-state index contributed by atoms with van der Waals surface area (Å²) in [6.07, 6.45) is -0.107. The number of carbonyl (C=O) groups is 1. The number of aliphatic hydroxyl groups is 1. The summed E-state index contributed by atoms with van der Waals surface area (Å²) in [6, 6.07) is 4.20. The SMILES string of the molecule is Cc1cc(C(O)C2(C(=O)O)CC2)ccc1F. The second-order valence-electron chi connectivity index (χ2n) is 4.37. The summed E-state index contributed by atoms with van der Waals surface area (Å²) in [5.41, 5.74) is -0.166. The quantitative estimate of drug-likeness (QED) is 0.825. The Morgan fingerprint density at radius 3 is 2.56 bits per heavy atom. The number of aliphatic carboxylic acids is 1. The van der Waals surface area contributed by atoms with Crippen LogP contribution in [0, 0.1) is 18.2 Å². The topological polar surface area (TPSA) is 57.5 Å². The molecule has 1 aromatic rings. The molecule has 1 saturated carbocycles. The lowest BCUT2D eigenvalue weighted by Gasteiger charge is -2.18. The van der Waals surface area contributed by atoms with E-state index in [1.807, 2.05) is 0 Å². The predicted octanol–water partition coefficient (Wildman–Crippen LogP) is 2.03. The van der Waals surface area contributed by atoms with Gasteiger partial charge in [-0.2, -0.15) is 0 Å². The number of rotatable bonds is 3. The van der Waals surface area contributed by atoms with Gasteiger partial charge in [-0.3, -0.25) is 4.79 Å². The van der Waals surface area contributed by atoms with Crippen molar-refractivity contribution >= 4 is 5.97 Å². The zero-order valence-electron chi connectivity index (χ0n) is 8.90. The maximum Gasteiger partial charge on any atom is 0.312 e. The third kappa shape index (κ3) is 1.59. The average molecular weight is 224 g/mol. The summed E-state index contributed by atoms with van der Waals surface area (Å²) >= 11 is 0. The van der Waals surface area contributed by atoms with Crippen LogP contribution in [0.2, 0.25) is 0 Å². The lowest BCUT2D eigenvalue weighted by molar-refractivity contribution is -0.148. The number of aliphatic hydroxyl groups excluding tert-OH is 1. The number of hydrogen-bond donors (Lipinski definition) is 2. The van der Waals surface area contributed by atoms with Gasteiger partial charge in [0.2, 0.25) is 0 Å². The van der Waals surface area contributed by atoms with E-state index in [0.29, 0.717) is 24.0 Å². The molecule has 2 N–H and O–H groups in total. The molecule has 0 aromatic heterocycles. The molecule has 1 unspecified atom stereocenters. The van der Waals surface area contributed by atoms with Crippen LogP contribution in [0.25, 0.3) is 0 Å². The van der Waals surface area contributed by atoms with Gasteiger partial charge in [0.15, 0.2) is 0 Å². The van der Waals surface area contributed by atoms with Gasteiger partial charge < -0.3 is 10.2 Å². The molecule has 16 heavy (non-hydrogen) atoms. The van der Waals surface area contributed by atoms with Crippen molar-refractivity contribution in [2.45, 2.75) is 25.9 Å². The van der Waals surface area contributed by atoms with E-state index in [9.17, 15) is 14.3 Å². The Kier molecular flexibility index (Phi) is 2.46. The van der Waals surface area contributed by atoms with Crippen LogP contribution >= 0.6 is 0 Å². The average Bonchev–Trinajstić information content (AvgIpc) is 3.02. The Labute approximate surface area is 92.5 Å². The summed E-state index contributed by atoms with van der Waals surface area (Å²) in [5, 5.41) is 19.0. The molecule has 1 fully saturated rings. The molecule has 0 aliphatic heterocycles. The van der Waals surface area contributed by atoms with Crippen LogP contribution in [0.4, 0.5) is 4.39 Å². The van der Waals surface area contributed by atoms with Crippen LogP contribution < -0.4 is 0 Å². The summed E-state index contributed by atoms with van der Waals surface area (Å²) in [6.45, 7) is 1.59. The molecule has 3 nitrogen and oxygen atoms in total. The Morgan fingerprint density at radius 1 is 1.50 bits per heavy atom. The Morgan fingerprint density at radius 2 is 2.12 bits per heavy atom. The van der Waals surface area contributed by atoms with Crippen LogP contribution in [0.5, 0.6) is 0 Å². The monoisotopic (exact) mass is 224 g/mol. The van der Waals surface area contributed by atoms with Gasteiger partial charge in [0.25, 0.3) is 0 Å². The summed E-state index contributed by atoms with van der Waals surface area (Å²) in [5.74, 6) is -1.34. The minimum Gasteiger partial charge on any atom is -0.481 e.